The summed E-state index contributed by atoms with van der Waals surface area (Å²) in [5.74, 6) is 0.331. The minimum Gasteiger partial charge on any atom is -0.486 e. The number of benzene rings is 2. The molecule has 0 radical (unpaired) electrons. The first-order valence-electron chi connectivity index (χ1n) is 6.93. The molecule has 1 aliphatic rings. The summed E-state index contributed by atoms with van der Waals surface area (Å²) in [5.41, 5.74) is 2.53. The predicted octanol–water partition coefficient (Wildman–Crippen LogP) is 1.93. The largest absolute Gasteiger partial charge is 0.486 e. The maximum atomic E-state index is 12.0. The molecular weight excluding hydrogens is 266 g/mol. The molecule has 0 saturated carbocycles. The van der Waals surface area contributed by atoms with Gasteiger partial charge in [0.25, 0.3) is 5.91 Å². The van der Waals surface area contributed by atoms with Crippen molar-refractivity contribution in [3.05, 3.63) is 65.2 Å². The molecule has 2 aromatic carbocycles. The lowest BCUT2D eigenvalue weighted by atomic mass is 9.88. The number of aliphatic hydroxyl groups excluding tert-OH is 1. The van der Waals surface area contributed by atoms with Crippen molar-refractivity contribution in [2.75, 3.05) is 13.7 Å². The number of fused-ring (bicyclic) bond motifs is 1. The van der Waals surface area contributed by atoms with Crippen LogP contribution in [0.2, 0.25) is 0 Å². The van der Waals surface area contributed by atoms with Crippen molar-refractivity contribution in [1.29, 1.82) is 0 Å². The fourth-order valence-electron chi connectivity index (χ4n) is 2.86. The van der Waals surface area contributed by atoms with Gasteiger partial charge >= 0.3 is 0 Å². The Morgan fingerprint density at radius 2 is 1.95 bits per heavy atom. The monoisotopic (exact) mass is 283 g/mol. The number of nitrogens with one attached hydrogen (secondary N) is 1. The molecular formula is C17H17NO3. The van der Waals surface area contributed by atoms with Crippen molar-refractivity contribution < 1.29 is 14.6 Å². The van der Waals surface area contributed by atoms with E-state index in [1.165, 1.54) is 0 Å². The van der Waals surface area contributed by atoms with E-state index >= 15 is 0 Å². The lowest BCUT2D eigenvalue weighted by Crippen LogP contribution is -2.24. The van der Waals surface area contributed by atoms with Gasteiger partial charge in [-0.3, -0.25) is 4.79 Å². The summed E-state index contributed by atoms with van der Waals surface area (Å²) < 4.78 is 5.87. The molecule has 108 valence electrons. The van der Waals surface area contributed by atoms with Gasteiger partial charge in [-0.2, -0.15) is 0 Å². The fraction of sp³-hybridized carbons (Fsp3) is 0.235. The number of hydrogen-bond donors (Lipinski definition) is 2. The quantitative estimate of drug-likeness (QED) is 0.905. The van der Waals surface area contributed by atoms with Crippen LogP contribution in [0.5, 0.6) is 5.75 Å². The maximum absolute atomic E-state index is 12.0. The third-order valence-electron chi connectivity index (χ3n) is 3.83. The first kappa shape index (κ1) is 13.6. The molecule has 1 aliphatic heterocycles. The zero-order chi connectivity index (χ0) is 14.8. The van der Waals surface area contributed by atoms with Crippen LogP contribution in [-0.2, 0) is 0 Å². The van der Waals surface area contributed by atoms with E-state index in [-0.39, 0.29) is 24.5 Å². The molecule has 0 unspecified atom stereocenters. The van der Waals surface area contributed by atoms with Crippen LogP contribution in [0.1, 0.15) is 27.4 Å². The molecule has 2 aromatic rings. The lowest BCUT2D eigenvalue weighted by molar-refractivity contribution is 0.0947. The Bertz CT molecular complexity index is 654. The van der Waals surface area contributed by atoms with Crippen molar-refractivity contribution >= 4 is 5.91 Å². The van der Waals surface area contributed by atoms with E-state index in [0.717, 1.165) is 11.1 Å². The van der Waals surface area contributed by atoms with E-state index in [0.29, 0.717) is 11.3 Å². The SMILES string of the molecule is CNC(=O)c1cccc2c1O[C@@H](CO)[C@@H]2c1ccccc1. The Hall–Kier alpha value is -2.33. The molecule has 4 heteroatoms. The molecule has 0 fully saturated rings. The third kappa shape index (κ3) is 2.28. The van der Waals surface area contributed by atoms with E-state index < -0.39 is 0 Å². The molecule has 0 saturated heterocycles. The van der Waals surface area contributed by atoms with Crippen LogP contribution < -0.4 is 10.1 Å². The summed E-state index contributed by atoms with van der Waals surface area (Å²) >= 11 is 0. The van der Waals surface area contributed by atoms with Crippen molar-refractivity contribution in [2.24, 2.45) is 0 Å². The Balaban J connectivity index is 2.11. The van der Waals surface area contributed by atoms with E-state index in [1.54, 1.807) is 13.1 Å². The van der Waals surface area contributed by atoms with Crippen molar-refractivity contribution in [3.63, 3.8) is 0 Å². The molecule has 2 N–H and O–H groups in total. The molecule has 4 nitrogen and oxygen atoms in total. The first-order valence-corrected chi connectivity index (χ1v) is 6.93. The van der Waals surface area contributed by atoms with E-state index in [1.807, 2.05) is 42.5 Å². The average molecular weight is 283 g/mol. The molecule has 0 spiro atoms. The van der Waals surface area contributed by atoms with Crippen LogP contribution >= 0.6 is 0 Å². The van der Waals surface area contributed by atoms with Crippen LogP contribution in [0.15, 0.2) is 48.5 Å². The van der Waals surface area contributed by atoms with Gasteiger partial charge in [-0.15, -0.1) is 0 Å². The summed E-state index contributed by atoms with van der Waals surface area (Å²) in [7, 11) is 1.59. The normalized spacial score (nSPS) is 19.7. The zero-order valence-corrected chi connectivity index (χ0v) is 11.7. The zero-order valence-electron chi connectivity index (χ0n) is 11.7. The number of rotatable bonds is 3. The number of ether oxygens (including phenoxy) is 1. The van der Waals surface area contributed by atoms with Gasteiger partial charge in [0.2, 0.25) is 0 Å². The van der Waals surface area contributed by atoms with E-state index in [4.69, 9.17) is 4.74 Å². The molecule has 0 aromatic heterocycles. The highest BCUT2D eigenvalue weighted by atomic mass is 16.5. The number of carbonyl (C=O) groups is 1. The van der Waals surface area contributed by atoms with Gasteiger partial charge < -0.3 is 15.2 Å². The number of para-hydroxylation sites is 1. The Morgan fingerprint density at radius 1 is 1.19 bits per heavy atom. The Kier molecular flexibility index (Phi) is 3.62. The molecule has 0 aliphatic carbocycles. The molecule has 21 heavy (non-hydrogen) atoms. The highest BCUT2D eigenvalue weighted by Crippen LogP contribution is 2.43. The van der Waals surface area contributed by atoms with Gasteiger partial charge in [0.1, 0.15) is 11.9 Å². The second kappa shape index (κ2) is 5.58. The van der Waals surface area contributed by atoms with E-state index in [2.05, 4.69) is 5.32 Å². The van der Waals surface area contributed by atoms with Gasteiger partial charge in [-0.25, -0.2) is 0 Å². The topological polar surface area (TPSA) is 58.6 Å². The van der Waals surface area contributed by atoms with Crippen LogP contribution in [0.3, 0.4) is 0 Å². The van der Waals surface area contributed by atoms with Crippen LogP contribution in [0.25, 0.3) is 0 Å². The van der Waals surface area contributed by atoms with Crippen molar-refractivity contribution in [1.82, 2.24) is 5.32 Å². The Morgan fingerprint density at radius 3 is 2.62 bits per heavy atom. The average Bonchev–Trinajstić information content (AvgIpc) is 2.93. The summed E-state index contributed by atoms with van der Waals surface area (Å²) in [4.78, 5) is 12.0. The van der Waals surface area contributed by atoms with Gasteiger partial charge in [-0.1, -0.05) is 42.5 Å². The van der Waals surface area contributed by atoms with Crippen LogP contribution in [-0.4, -0.2) is 30.8 Å². The number of carbonyl (C=O) groups excluding carboxylic acids is 1. The van der Waals surface area contributed by atoms with Crippen molar-refractivity contribution in [2.45, 2.75) is 12.0 Å². The first-order chi connectivity index (χ1) is 10.3. The highest BCUT2D eigenvalue weighted by Gasteiger charge is 2.37. The van der Waals surface area contributed by atoms with Gasteiger partial charge in [0.15, 0.2) is 0 Å². The van der Waals surface area contributed by atoms with Gasteiger partial charge in [0, 0.05) is 12.6 Å². The molecule has 2 atom stereocenters. The second-order valence-corrected chi connectivity index (χ2v) is 5.03. The van der Waals surface area contributed by atoms with Crippen LogP contribution in [0, 0.1) is 0 Å². The summed E-state index contributed by atoms with van der Waals surface area (Å²) in [6.45, 7) is -0.0958. The fourth-order valence-corrected chi connectivity index (χ4v) is 2.86. The van der Waals surface area contributed by atoms with E-state index in [9.17, 15) is 9.90 Å². The number of aliphatic hydroxyl groups is 1. The third-order valence-corrected chi connectivity index (χ3v) is 3.83. The highest BCUT2D eigenvalue weighted by molar-refractivity contribution is 5.97. The minimum atomic E-state index is -0.367. The molecule has 1 heterocycles. The number of hydrogen-bond acceptors (Lipinski definition) is 3. The number of amides is 1. The molecule has 1 amide bonds. The Labute approximate surface area is 123 Å². The van der Waals surface area contributed by atoms with Crippen molar-refractivity contribution in [3.8, 4) is 5.75 Å². The smallest absolute Gasteiger partial charge is 0.254 e. The van der Waals surface area contributed by atoms with Gasteiger partial charge in [-0.05, 0) is 11.6 Å². The summed E-state index contributed by atoms with van der Waals surface area (Å²) in [5, 5.41) is 12.2. The standard InChI is InChI=1S/C17H17NO3/c1-18-17(20)13-9-5-8-12-15(11-6-3-2-4-7-11)14(10-19)21-16(12)13/h2-9,14-15,19H,10H2,1H3,(H,18,20)/t14-,15+/m0/s1. The molecule has 3 rings (SSSR count). The summed E-state index contributed by atoms with van der Waals surface area (Å²) in [6, 6.07) is 15.4. The van der Waals surface area contributed by atoms with Gasteiger partial charge in [0.05, 0.1) is 18.1 Å². The lowest BCUT2D eigenvalue weighted by Gasteiger charge is -2.17. The predicted molar refractivity (Wildman–Crippen MR) is 79.6 cm³/mol. The summed E-state index contributed by atoms with van der Waals surface area (Å²) in [6.07, 6.45) is -0.367. The van der Waals surface area contributed by atoms with Crippen LogP contribution in [0.4, 0.5) is 0 Å². The minimum absolute atomic E-state index is 0.0594. The molecule has 0 bridgehead atoms. The second-order valence-electron chi connectivity index (χ2n) is 5.03. The maximum Gasteiger partial charge on any atom is 0.254 e.